The van der Waals surface area contributed by atoms with Crippen LogP contribution in [-0.2, 0) is 6.42 Å². The number of guanidine groups is 1. The Morgan fingerprint density at radius 1 is 1.29 bits per heavy atom. The summed E-state index contributed by atoms with van der Waals surface area (Å²) in [5, 5.41) is 7.86. The van der Waals surface area contributed by atoms with Crippen LogP contribution < -0.4 is 11.5 Å². The van der Waals surface area contributed by atoms with Crippen LogP contribution in [0.2, 0.25) is 5.02 Å². The molecule has 0 unspecified atom stereocenters. The fraction of sp³-hybridized carbons (Fsp3) is 0.111. The average Bonchev–Trinajstić information content (AvgIpc) is 2.15. The molecule has 1 rings (SSSR count). The number of benzene rings is 1. The molecule has 0 bridgehead atoms. The van der Waals surface area contributed by atoms with Crippen molar-refractivity contribution in [3.05, 3.63) is 34.9 Å². The summed E-state index contributed by atoms with van der Waals surface area (Å²) in [6.45, 7) is 0. The van der Waals surface area contributed by atoms with Crippen LogP contribution in [0.25, 0.3) is 0 Å². The summed E-state index contributed by atoms with van der Waals surface area (Å²) >= 11 is 5.73. The lowest BCUT2D eigenvalue weighted by atomic mass is 10.2. The molecule has 74 valence electrons. The van der Waals surface area contributed by atoms with Crippen LogP contribution in [0.15, 0.2) is 34.5 Å². The van der Waals surface area contributed by atoms with E-state index >= 15 is 0 Å². The molecule has 4 nitrogen and oxygen atoms in total. The molecule has 0 aromatic heterocycles. The van der Waals surface area contributed by atoms with Gasteiger partial charge in [0, 0.05) is 17.7 Å². The monoisotopic (exact) mass is 210 g/mol. The molecule has 0 fully saturated rings. The van der Waals surface area contributed by atoms with E-state index in [-0.39, 0.29) is 5.96 Å². The Kier molecular flexibility index (Phi) is 3.94. The maximum absolute atomic E-state index is 5.73. The van der Waals surface area contributed by atoms with Crippen molar-refractivity contribution in [1.29, 1.82) is 0 Å². The Morgan fingerprint density at radius 2 is 1.93 bits per heavy atom. The molecule has 14 heavy (non-hydrogen) atoms. The molecule has 0 spiro atoms. The van der Waals surface area contributed by atoms with E-state index in [1.54, 1.807) is 6.21 Å². The summed E-state index contributed by atoms with van der Waals surface area (Å²) in [7, 11) is 0. The minimum absolute atomic E-state index is 0.0441. The first-order valence-corrected chi connectivity index (χ1v) is 4.41. The quantitative estimate of drug-likeness (QED) is 0.446. The molecule has 0 atom stereocenters. The van der Waals surface area contributed by atoms with Gasteiger partial charge in [-0.25, -0.2) is 0 Å². The molecule has 0 aliphatic heterocycles. The van der Waals surface area contributed by atoms with Crippen LogP contribution in [0.4, 0.5) is 0 Å². The Bertz CT molecular complexity index is 338. The number of nitrogens with zero attached hydrogens (tertiary/aromatic N) is 2. The second-order valence-electron chi connectivity index (χ2n) is 2.65. The maximum Gasteiger partial charge on any atom is 0.211 e. The molecular formula is C9H11ClN4. The normalized spacial score (nSPS) is 10.4. The van der Waals surface area contributed by atoms with Crippen molar-refractivity contribution in [2.24, 2.45) is 21.7 Å². The van der Waals surface area contributed by atoms with Crippen LogP contribution in [0, 0.1) is 0 Å². The topological polar surface area (TPSA) is 76.8 Å². The fourth-order valence-corrected chi connectivity index (χ4v) is 1.00. The van der Waals surface area contributed by atoms with Crippen molar-refractivity contribution in [3.8, 4) is 0 Å². The predicted molar refractivity (Wildman–Crippen MR) is 59.5 cm³/mol. The van der Waals surface area contributed by atoms with Gasteiger partial charge in [-0.1, -0.05) is 23.7 Å². The van der Waals surface area contributed by atoms with Crippen LogP contribution in [0.1, 0.15) is 5.56 Å². The Morgan fingerprint density at radius 3 is 2.50 bits per heavy atom. The van der Waals surface area contributed by atoms with Crippen LogP contribution in [0.3, 0.4) is 0 Å². The van der Waals surface area contributed by atoms with Gasteiger partial charge in [0.15, 0.2) is 0 Å². The molecule has 0 radical (unpaired) electrons. The van der Waals surface area contributed by atoms with Crippen molar-refractivity contribution in [2.75, 3.05) is 0 Å². The van der Waals surface area contributed by atoms with Crippen molar-refractivity contribution >= 4 is 23.8 Å². The largest absolute Gasteiger partial charge is 0.369 e. The smallest absolute Gasteiger partial charge is 0.211 e. The highest BCUT2D eigenvalue weighted by molar-refractivity contribution is 6.30. The molecule has 0 aliphatic carbocycles. The zero-order valence-corrected chi connectivity index (χ0v) is 8.28. The molecule has 5 heteroatoms. The van der Waals surface area contributed by atoms with Gasteiger partial charge in [0.25, 0.3) is 0 Å². The summed E-state index contributed by atoms with van der Waals surface area (Å²) < 4.78 is 0. The van der Waals surface area contributed by atoms with Crippen molar-refractivity contribution in [1.82, 2.24) is 0 Å². The van der Waals surface area contributed by atoms with E-state index in [4.69, 9.17) is 23.1 Å². The Balaban J connectivity index is 2.50. The number of nitrogens with two attached hydrogens (primary N) is 2. The molecule has 1 aromatic carbocycles. The number of rotatable bonds is 3. The first-order valence-electron chi connectivity index (χ1n) is 4.03. The molecule has 0 saturated heterocycles. The third-order valence-electron chi connectivity index (χ3n) is 1.50. The van der Waals surface area contributed by atoms with E-state index in [9.17, 15) is 0 Å². The van der Waals surface area contributed by atoms with Gasteiger partial charge in [-0.15, -0.1) is 5.10 Å². The summed E-state index contributed by atoms with van der Waals surface area (Å²) in [5.74, 6) is -0.0441. The molecule has 1 aromatic rings. The average molecular weight is 211 g/mol. The van der Waals surface area contributed by atoms with Gasteiger partial charge in [-0.3, -0.25) is 0 Å². The van der Waals surface area contributed by atoms with Gasteiger partial charge in [0.2, 0.25) is 5.96 Å². The van der Waals surface area contributed by atoms with E-state index < -0.39 is 0 Å². The van der Waals surface area contributed by atoms with E-state index in [0.717, 1.165) is 10.6 Å². The standard InChI is InChI=1S/C9H11ClN4/c10-8-3-1-7(2-4-8)5-6-13-14-9(11)12/h1-4,6H,5H2,(H4,11,12,14)/b13-6+. The second-order valence-corrected chi connectivity index (χ2v) is 3.09. The molecule has 0 heterocycles. The number of hydrogen-bond donors (Lipinski definition) is 2. The van der Waals surface area contributed by atoms with Crippen molar-refractivity contribution < 1.29 is 0 Å². The summed E-state index contributed by atoms with van der Waals surface area (Å²) in [6.07, 6.45) is 2.30. The second kappa shape index (κ2) is 5.24. The predicted octanol–water partition coefficient (Wildman–Crippen LogP) is 1.14. The maximum atomic E-state index is 5.73. The minimum atomic E-state index is -0.0441. The number of hydrogen-bond acceptors (Lipinski definition) is 2. The van der Waals surface area contributed by atoms with Gasteiger partial charge in [0.1, 0.15) is 0 Å². The van der Waals surface area contributed by atoms with Crippen LogP contribution >= 0.6 is 11.6 Å². The number of halogens is 1. The highest BCUT2D eigenvalue weighted by Crippen LogP contribution is 2.09. The summed E-state index contributed by atoms with van der Waals surface area (Å²) in [4.78, 5) is 0. The fourth-order valence-electron chi connectivity index (χ4n) is 0.874. The zero-order valence-electron chi connectivity index (χ0n) is 7.52. The van der Waals surface area contributed by atoms with Crippen LogP contribution in [0.5, 0.6) is 0 Å². The van der Waals surface area contributed by atoms with Crippen LogP contribution in [-0.4, -0.2) is 12.2 Å². The van der Waals surface area contributed by atoms with E-state index in [1.807, 2.05) is 24.3 Å². The molecule has 0 saturated carbocycles. The van der Waals surface area contributed by atoms with E-state index in [1.165, 1.54) is 0 Å². The molecule has 0 amide bonds. The molecular weight excluding hydrogens is 200 g/mol. The van der Waals surface area contributed by atoms with E-state index in [2.05, 4.69) is 10.2 Å². The lowest BCUT2D eigenvalue weighted by Crippen LogP contribution is -2.21. The Hall–Kier alpha value is -1.55. The van der Waals surface area contributed by atoms with Gasteiger partial charge >= 0.3 is 0 Å². The van der Waals surface area contributed by atoms with Crippen molar-refractivity contribution in [3.63, 3.8) is 0 Å². The SMILES string of the molecule is NC(N)=N/N=C/Cc1ccc(Cl)cc1. The first-order chi connectivity index (χ1) is 6.68. The van der Waals surface area contributed by atoms with E-state index in [0.29, 0.717) is 6.42 Å². The summed E-state index contributed by atoms with van der Waals surface area (Å²) in [6, 6.07) is 7.49. The lowest BCUT2D eigenvalue weighted by molar-refractivity contribution is 1.19. The highest BCUT2D eigenvalue weighted by atomic mass is 35.5. The van der Waals surface area contributed by atoms with Crippen molar-refractivity contribution in [2.45, 2.75) is 6.42 Å². The first kappa shape index (κ1) is 10.5. The third kappa shape index (κ3) is 3.91. The third-order valence-corrected chi connectivity index (χ3v) is 1.75. The zero-order chi connectivity index (χ0) is 10.4. The van der Waals surface area contributed by atoms with Gasteiger partial charge in [-0.05, 0) is 17.7 Å². The molecule has 0 aliphatic rings. The molecule has 4 N–H and O–H groups in total. The van der Waals surface area contributed by atoms with Gasteiger partial charge in [0.05, 0.1) is 0 Å². The highest BCUT2D eigenvalue weighted by Gasteiger charge is 1.89. The Labute approximate surface area is 87.3 Å². The minimum Gasteiger partial charge on any atom is -0.369 e. The lowest BCUT2D eigenvalue weighted by Gasteiger charge is -1.94. The summed E-state index contributed by atoms with van der Waals surface area (Å²) in [5.41, 5.74) is 11.3. The van der Waals surface area contributed by atoms with Gasteiger partial charge in [-0.2, -0.15) is 5.10 Å². The van der Waals surface area contributed by atoms with Gasteiger partial charge < -0.3 is 11.5 Å².